The molecule has 172 valence electrons. The van der Waals surface area contributed by atoms with Crippen molar-refractivity contribution in [3.63, 3.8) is 0 Å². The van der Waals surface area contributed by atoms with Crippen molar-refractivity contribution in [3.05, 3.63) is 95.1 Å². The normalized spacial score (nSPS) is 11.7. The van der Waals surface area contributed by atoms with Crippen LogP contribution in [-0.2, 0) is 15.6 Å². The fourth-order valence-corrected chi connectivity index (χ4v) is 3.44. The Labute approximate surface area is 196 Å². The van der Waals surface area contributed by atoms with Gasteiger partial charge in [0.2, 0.25) is 0 Å². The lowest BCUT2D eigenvalue weighted by molar-refractivity contribution is -0.136. The van der Waals surface area contributed by atoms with Gasteiger partial charge in [-0.05, 0) is 52.3 Å². The summed E-state index contributed by atoms with van der Waals surface area (Å²) in [4.78, 5) is 24.9. The Morgan fingerprint density at radius 1 is 0.727 bits per heavy atom. The summed E-state index contributed by atoms with van der Waals surface area (Å²) in [5.41, 5.74) is 3.29. The van der Waals surface area contributed by atoms with Crippen LogP contribution < -0.4 is 9.47 Å². The van der Waals surface area contributed by atoms with Crippen molar-refractivity contribution < 1.29 is 19.1 Å². The summed E-state index contributed by atoms with van der Waals surface area (Å²) in [5.74, 6) is 0.464. The van der Waals surface area contributed by atoms with E-state index in [1.807, 2.05) is 30.3 Å². The number of ketones is 1. The molecule has 3 aromatic rings. The third kappa shape index (κ3) is 6.32. The summed E-state index contributed by atoms with van der Waals surface area (Å²) < 4.78 is 11.3. The van der Waals surface area contributed by atoms with Crippen molar-refractivity contribution in [1.29, 1.82) is 0 Å². The maximum Gasteiger partial charge on any atom is 0.349 e. The first-order valence-corrected chi connectivity index (χ1v) is 11.1. The molecule has 0 aliphatic carbocycles. The monoisotopic (exact) mass is 444 g/mol. The first-order valence-electron chi connectivity index (χ1n) is 11.1. The molecule has 33 heavy (non-hydrogen) atoms. The van der Waals surface area contributed by atoms with Crippen LogP contribution in [0.15, 0.2) is 72.8 Å². The first kappa shape index (κ1) is 24.2. The van der Waals surface area contributed by atoms with Crippen molar-refractivity contribution in [1.82, 2.24) is 0 Å². The van der Waals surface area contributed by atoms with Crippen molar-refractivity contribution in [2.45, 2.75) is 52.4 Å². The molecule has 0 amide bonds. The highest BCUT2D eigenvalue weighted by molar-refractivity contribution is 6.09. The van der Waals surface area contributed by atoms with Crippen molar-refractivity contribution in [2.24, 2.45) is 0 Å². The minimum atomic E-state index is -0.503. The number of ether oxygens (including phenoxy) is 2. The highest BCUT2D eigenvalue weighted by Crippen LogP contribution is 2.35. The largest absolute Gasteiger partial charge is 0.482 e. The maximum atomic E-state index is 12.5. The number of hydrogen-bond donors (Lipinski definition) is 0. The van der Waals surface area contributed by atoms with Crippen LogP contribution in [0.25, 0.3) is 0 Å². The minimum Gasteiger partial charge on any atom is -0.482 e. The molecule has 3 rings (SSSR count). The quantitative estimate of drug-likeness (QED) is 0.247. The molecule has 4 heteroatoms. The van der Waals surface area contributed by atoms with Crippen molar-refractivity contribution in [2.75, 3.05) is 6.61 Å². The zero-order valence-electron chi connectivity index (χ0n) is 20.3. The summed E-state index contributed by atoms with van der Waals surface area (Å²) in [6, 6.07) is 21.7. The molecule has 0 fully saturated rings. The summed E-state index contributed by atoms with van der Waals surface area (Å²) in [5, 5.41) is 0. The zero-order chi connectivity index (χ0) is 24.2. The van der Waals surface area contributed by atoms with Crippen LogP contribution >= 0.6 is 0 Å². The number of esters is 1. The van der Waals surface area contributed by atoms with Gasteiger partial charge in [0.25, 0.3) is 0 Å². The number of rotatable bonds is 6. The molecule has 0 aliphatic heterocycles. The lowest BCUT2D eigenvalue weighted by atomic mass is 9.80. The third-order valence-corrected chi connectivity index (χ3v) is 5.38. The predicted octanol–water partition coefficient (Wildman–Crippen LogP) is 6.50. The Morgan fingerprint density at radius 3 is 1.91 bits per heavy atom. The standard InChI is InChI=1S/C29H32O4/c1-28(2,3)22-14-17-25(24(18-22)29(4,5)6)32-19-26(30)33-23-15-12-21(13-16-23)27(31)20-10-8-7-9-11-20/h7-18H,19H2,1-6H3. The highest BCUT2D eigenvalue weighted by Gasteiger charge is 2.23. The maximum absolute atomic E-state index is 12.5. The van der Waals surface area contributed by atoms with Gasteiger partial charge in [-0.2, -0.15) is 0 Å². The lowest BCUT2D eigenvalue weighted by Crippen LogP contribution is -2.21. The molecule has 0 heterocycles. The Balaban J connectivity index is 1.65. The van der Waals surface area contributed by atoms with E-state index < -0.39 is 5.97 Å². The minimum absolute atomic E-state index is 0.0194. The van der Waals surface area contributed by atoms with E-state index >= 15 is 0 Å². The van der Waals surface area contributed by atoms with Gasteiger partial charge in [0, 0.05) is 11.1 Å². The summed E-state index contributed by atoms with van der Waals surface area (Å²) in [7, 11) is 0. The van der Waals surface area contributed by atoms with Crippen LogP contribution in [0.3, 0.4) is 0 Å². The predicted molar refractivity (Wildman–Crippen MR) is 131 cm³/mol. The van der Waals surface area contributed by atoms with E-state index in [9.17, 15) is 9.59 Å². The molecular weight excluding hydrogens is 412 g/mol. The van der Waals surface area contributed by atoms with Gasteiger partial charge in [-0.25, -0.2) is 4.79 Å². The smallest absolute Gasteiger partial charge is 0.349 e. The topological polar surface area (TPSA) is 52.6 Å². The molecular formula is C29H32O4. The van der Waals surface area contributed by atoms with Gasteiger partial charge in [0.05, 0.1) is 0 Å². The second-order valence-corrected chi connectivity index (χ2v) is 10.2. The molecule has 3 aromatic carbocycles. The fourth-order valence-electron chi connectivity index (χ4n) is 3.44. The third-order valence-electron chi connectivity index (χ3n) is 5.38. The fraction of sp³-hybridized carbons (Fsp3) is 0.310. The van der Waals surface area contributed by atoms with E-state index in [1.54, 1.807) is 36.4 Å². The van der Waals surface area contributed by atoms with Crippen LogP contribution in [-0.4, -0.2) is 18.4 Å². The molecule has 0 aliphatic rings. The van der Waals surface area contributed by atoms with Gasteiger partial charge < -0.3 is 9.47 Å². The molecule has 0 saturated heterocycles. The molecule has 0 unspecified atom stereocenters. The van der Waals surface area contributed by atoms with Gasteiger partial charge in [-0.15, -0.1) is 0 Å². The highest BCUT2D eigenvalue weighted by atomic mass is 16.6. The summed E-state index contributed by atoms with van der Waals surface area (Å²) >= 11 is 0. The van der Waals surface area contributed by atoms with Crippen LogP contribution in [0.4, 0.5) is 0 Å². The number of carbonyl (C=O) groups is 2. The Hall–Kier alpha value is -3.40. The van der Waals surface area contributed by atoms with Gasteiger partial charge in [-0.3, -0.25) is 4.79 Å². The van der Waals surface area contributed by atoms with E-state index in [-0.39, 0.29) is 23.2 Å². The number of benzene rings is 3. The van der Waals surface area contributed by atoms with E-state index in [0.29, 0.717) is 22.6 Å². The molecule has 0 aromatic heterocycles. The zero-order valence-corrected chi connectivity index (χ0v) is 20.3. The number of carbonyl (C=O) groups excluding carboxylic acids is 2. The van der Waals surface area contributed by atoms with Gasteiger partial charge in [0.1, 0.15) is 11.5 Å². The van der Waals surface area contributed by atoms with Gasteiger partial charge >= 0.3 is 5.97 Å². The van der Waals surface area contributed by atoms with E-state index in [4.69, 9.17) is 9.47 Å². The Morgan fingerprint density at radius 2 is 1.33 bits per heavy atom. The molecule has 0 N–H and O–H groups in total. The van der Waals surface area contributed by atoms with Gasteiger partial charge in [0.15, 0.2) is 12.4 Å². The van der Waals surface area contributed by atoms with Gasteiger partial charge in [-0.1, -0.05) is 84.0 Å². The number of hydrogen-bond acceptors (Lipinski definition) is 4. The lowest BCUT2D eigenvalue weighted by Gasteiger charge is -2.27. The van der Waals surface area contributed by atoms with Crippen molar-refractivity contribution in [3.8, 4) is 11.5 Å². The first-order chi connectivity index (χ1) is 15.4. The molecule has 0 bridgehead atoms. The molecule has 0 saturated carbocycles. The average Bonchev–Trinajstić information content (AvgIpc) is 2.77. The Kier molecular flexibility index (Phi) is 7.06. The molecule has 0 spiro atoms. The van der Waals surface area contributed by atoms with E-state index in [1.165, 1.54) is 5.56 Å². The van der Waals surface area contributed by atoms with Crippen LogP contribution in [0.2, 0.25) is 0 Å². The molecule has 0 atom stereocenters. The summed E-state index contributed by atoms with van der Waals surface area (Å²) in [6.45, 7) is 12.7. The second-order valence-electron chi connectivity index (χ2n) is 10.2. The SMILES string of the molecule is CC(C)(C)c1ccc(OCC(=O)Oc2ccc(C(=O)c3ccccc3)cc2)c(C(C)(C)C)c1. The van der Waals surface area contributed by atoms with Crippen LogP contribution in [0.5, 0.6) is 11.5 Å². The molecule has 4 nitrogen and oxygen atoms in total. The van der Waals surface area contributed by atoms with Crippen LogP contribution in [0.1, 0.15) is 68.6 Å². The van der Waals surface area contributed by atoms with E-state index in [0.717, 1.165) is 5.56 Å². The van der Waals surface area contributed by atoms with E-state index in [2.05, 4.69) is 47.6 Å². The average molecular weight is 445 g/mol. The van der Waals surface area contributed by atoms with Crippen LogP contribution in [0, 0.1) is 0 Å². The molecule has 0 radical (unpaired) electrons. The Bertz CT molecular complexity index is 1120. The summed E-state index contributed by atoms with van der Waals surface area (Å²) in [6.07, 6.45) is 0. The van der Waals surface area contributed by atoms with Crippen molar-refractivity contribution >= 4 is 11.8 Å². The second kappa shape index (κ2) is 9.62.